The van der Waals surface area contributed by atoms with Gasteiger partial charge >= 0.3 is 35.8 Å². The van der Waals surface area contributed by atoms with E-state index in [0.717, 1.165) is 0 Å². The van der Waals surface area contributed by atoms with Crippen LogP contribution in [-0.2, 0) is 52.5 Å². The van der Waals surface area contributed by atoms with Gasteiger partial charge in [0.25, 0.3) is 0 Å². The number of aliphatic hydroxyl groups is 1. The van der Waals surface area contributed by atoms with Crippen molar-refractivity contribution in [1.82, 2.24) is 0 Å². The highest BCUT2D eigenvalue weighted by atomic mass is 16.6. The predicted molar refractivity (Wildman–Crippen MR) is 115 cm³/mol. The Kier molecular flexibility index (Phi) is 15.0. The zero-order chi connectivity index (χ0) is 27.0. The van der Waals surface area contributed by atoms with Crippen LogP contribution in [0.1, 0.15) is 39.5 Å². The first-order valence-corrected chi connectivity index (χ1v) is 10.4. The second-order valence-corrected chi connectivity index (χ2v) is 7.10. The Morgan fingerprint density at radius 1 is 0.829 bits per heavy atom. The highest BCUT2D eigenvalue weighted by Gasteiger charge is 2.31. The van der Waals surface area contributed by atoms with Crippen molar-refractivity contribution in [3.05, 3.63) is 24.3 Å². The Morgan fingerprint density at radius 3 is 1.60 bits per heavy atom. The number of carbonyl (C=O) groups excluding carboxylic acids is 5. The molecule has 2 aliphatic rings. The van der Waals surface area contributed by atoms with Crippen LogP contribution in [0.4, 0.5) is 0 Å². The van der Waals surface area contributed by atoms with Crippen molar-refractivity contribution >= 4 is 35.8 Å². The van der Waals surface area contributed by atoms with Gasteiger partial charge < -0.3 is 33.9 Å². The number of cyclic esters (lactones) is 2. The molecule has 35 heavy (non-hydrogen) atoms. The fourth-order valence-electron chi connectivity index (χ4n) is 2.15. The Bertz CT molecular complexity index is 814. The van der Waals surface area contributed by atoms with E-state index in [1.807, 2.05) is 0 Å². The summed E-state index contributed by atoms with van der Waals surface area (Å²) in [6.45, 7) is 9.63. The fraction of sp³-hybridized carbons (Fsp3) is 0.545. The maximum atomic E-state index is 11.3. The van der Waals surface area contributed by atoms with Gasteiger partial charge in [-0.1, -0.05) is 13.2 Å². The van der Waals surface area contributed by atoms with Gasteiger partial charge in [0.05, 0.1) is 6.61 Å². The molecule has 0 aliphatic carbocycles. The summed E-state index contributed by atoms with van der Waals surface area (Å²) in [4.78, 5) is 63.8. The van der Waals surface area contributed by atoms with Crippen LogP contribution in [0.2, 0.25) is 0 Å². The minimum atomic E-state index is -1.05. The van der Waals surface area contributed by atoms with Gasteiger partial charge in [-0.05, 0) is 13.8 Å². The summed E-state index contributed by atoms with van der Waals surface area (Å²) < 4.78 is 23.0. The van der Waals surface area contributed by atoms with Gasteiger partial charge in [-0.25, -0.2) is 19.2 Å². The van der Waals surface area contributed by atoms with E-state index in [9.17, 15) is 28.8 Å². The highest BCUT2D eigenvalue weighted by Crippen LogP contribution is 2.15. The molecule has 13 heteroatoms. The Hall–Kier alpha value is -3.74. The molecule has 0 aromatic heterocycles. The number of aliphatic carboxylic acids is 1. The zero-order valence-corrected chi connectivity index (χ0v) is 19.6. The monoisotopic (exact) mass is 502 g/mol. The summed E-state index contributed by atoms with van der Waals surface area (Å²) in [6.07, 6.45) is -0.601. The third-order valence-corrected chi connectivity index (χ3v) is 3.89. The van der Waals surface area contributed by atoms with Crippen LogP contribution in [0.25, 0.3) is 0 Å². The fourth-order valence-corrected chi connectivity index (χ4v) is 2.15. The second kappa shape index (κ2) is 16.8. The molecule has 2 aliphatic heterocycles. The quantitative estimate of drug-likeness (QED) is 0.189. The molecule has 0 spiro atoms. The molecule has 0 amide bonds. The van der Waals surface area contributed by atoms with Gasteiger partial charge in [-0.2, -0.15) is 0 Å². The maximum Gasteiger partial charge on any atom is 0.347 e. The van der Waals surface area contributed by atoms with E-state index >= 15 is 0 Å². The van der Waals surface area contributed by atoms with Gasteiger partial charge in [-0.3, -0.25) is 9.59 Å². The number of esters is 5. The van der Waals surface area contributed by atoms with Crippen LogP contribution in [0.3, 0.4) is 0 Å². The van der Waals surface area contributed by atoms with Crippen molar-refractivity contribution < 1.29 is 62.7 Å². The summed E-state index contributed by atoms with van der Waals surface area (Å²) in [5.74, 6) is -3.47. The van der Waals surface area contributed by atoms with Gasteiger partial charge in [0, 0.05) is 36.8 Å². The minimum Gasteiger partial charge on any atom is -0.479 e. The molecular formula is C22H30O13. The number of rotatable bonds is 9. The average Bonchev–Trinajstić information content (AvgIpc) is 3.43. The first-order valence-electron chi connectivity index (χ1n) is 10.4. The number of hydrogen-bond acceptors (Lipinski definition) is 12. The Balaban J connectivity index is 0.000000543. The van der Waals surface area contributed by atoms with Crippen LogP contribution in [-0.4, -0.2) is 84.7 Å². The third-order valence-electron chi connectivity index (χ3n) is 3.89. The Morgan fingerprint density at radius 2 is 1.26 bits per heavy atom. The van der Waals surface area contributed by atoms with Crippen molar-refractivity contribution in [1.29, 1.82) is 0 Å². The topological polar surface area (TPSA) is 189 Å². The molecule has 0 aromatic rings. The predicted octanol–water partition coefficient (Wildman–Crippen LogP) is 0.229. The highest BCUT2D eigenvalue weighted by molar-refractivity contribution is 5.87. The lowest BCUT2D eigenvalue weighted by Crippen LogP contribution is -2.24. The number of carboxylic acids is 1. The number of carboxylic acid groups (broad SMARTS) is 1. The van der Waals surface area contributed by atoms with Crippen molar-refractivity contribution in [2.24, 2.45) is 0 Å². The standard InChI is InChI=1S/C11H14O6.C6H10O3.C5H6O4/c1-7(2)10(13)15-5-6-16-11(14)8-3-4-9(12)17-8;1-5(2)6(8)9-4-3-7;6-4-2-1-3(9-4)5(7)8/h8H,1,3-6H2,2H3;7H,1,3-4H2,2H3;3H,1-2H2,(H,7,8). The van der Waals surface area contributed by atoms with Gasteiger partial charge in [0.2, 0.25) is 0 Å². The lowest BCUT2D eigenvalue weighted by molar-refractivity contribution is -0.163. The van der Waals surface area contributed by atoms with Crippen LogP contribution in [0.5, 0.6) is 0 Å². The van der Waals surface area contributed by atoms with E-state index in [-0.39, 0.29) is 44.8 Å². The van der Waals surface area contributed by atoms with E-state index in [1.165, 1.54) is 6.92 Å². The van der Waals surface area contributed by atoms with Gasteiger partial charge in [-0.15, -0.1) is 0 Å². The molecule has 2 atom stereocenters. The van der Waals surface area contributed by atoms with Crippen molar-refractivity contribution in [2.75, 3.05) is 26.4 Å². The van der Waals surface area contributed by atoms with Crippen LogP contribution >= 0.6 is 0 Å². The lowest BCUT2D eigenvalue weighted by atomic mass is 10.2. The van der Waals surface area contributed by atoms with Crippen molar-refractivity contribution in [2.45, 2.75) is 51.7 Å². The largest absolute Gasteiger partial charge is 0.479 e. The van der Waals surface area contributed by atoms with E-state index in [0.29, 0.717) is 18.4 Å². The van der Waals surface area contributed by atoms with Crippen molar-refractivity contribution in [3.8, 4) is 0 Å². The van der Waals surface area contributed by atoms with Gasteiger partial charge in [0.1, 0.15) is 19.8 Å². The summed E-state index contributed by atoms with van der Waals surface area (Å²) in [6, 6.07) is 0. The molecule has 2 fully saturated rings. The summed E-state index contributed by atoms with van der Waals surface area (Å²) >= 11 is 0. The molecule has 2 N–H and O–H groups in total. The molecule has 2 heterocycles. The summed E-state index contributed by atoms with van der Waals surface area (Å²) in [5.41, 5.74) is 0.629. The minimum absolute atomic E-state index is 0.0436. The summed E-state index contributed by atoms with van der Waals surface area (Å²) in [7, 11) is 0. The SMILES string of the molecule is C=C(C)C(=O)OCCO.C=C(C)C(=O)OCCOC(=O)C1CCC(=O)O1.O=C1CCC(C(=O)O)O1. The smallest absolute Gasteiger partial charge is 0.347 e. The second-order valence-electron chi connectivity index (χ2n) is 7.10. The molecule has 2 unspecified atom stereocenters. The molecule has 196 valence electrons. The molecule has 0 saturated carbocycles. The normalized spacial score (nSPS) is 17.8. The van der Waals surface area contributed by atoms with Gasteiger partial charge in [0.15, 0.2) is 12.2 Å². The first kappa shape index (κ1) is 31.3. The number of ether oxygens (including phenoxy) is 5. The Labute approximate surface area is 201 Å². The molecule has 0 bridgehead atoms. The van der Waals surface area contributed by atoms with E-state index in [4.69, 9.17) is 24.4 Å². The van der Waals surface area contributed by atoms with E-state index < -0.39 is 48.0 Å². The van der Waals surface area contributed by atoms with E-state index in [1.54, 1.807) is 6.92 Å². The number of hydrogen-bond donors (Lipinski definition) is 2. The molecule has 0 radical (unpaired) electrons. The zero-order valence-electron chi connectivity index (χ0n) is 19.6. The number of carbonyl (C=O) groups is 6. The lowest BCUT2D eigenvalue weighted by Gasteiger charge is -2.09. The average molecular weight is 502 g/mol. The molecule has 13 nitrogen and oxygen atoms in total. The third kappa shape index (κ3) is 14.2. The molecular weight excluding hydrogens is 472 g/mol. The van der Waals surface area contributed by atoms with Crippen LogP contribution < -0.4 is 0 Å². The molecule has 2 saturated heterocycles. The molecule has 0 aromatic carbocycles. The van der Waals surface area contributed by atoms with Crippen molar-refractivity contribution in [3.63, 3.8) is 0 Å². The summed E-state index contributed by atoms with van der Waals surface area (Å²) in [5, 5.41) is 16.4. The number of aliphatic hydroxyl groups excluding tert-OH is 1. The first-order chi connectivity index (χ1) is 16.4. The van der Waals surface area contributed by atoms with E-state index in [2.05, 4.69) is 22.6 Å². The van der Waals surface area contributed by atoms with Crippen LogP contribution in [0, 0.1) is 0 Å². The van der Waals surface area contributed by atoms with Crippen LogP contribution in [0.15, 0.2) is 24.3 Å². The molecule has 2 rings (SSSR count). The maximum absolute atomic E-state index is 11.3.